The van der Waals surface area contributed by atoms with Crippen LogP contribution in [-0.4, -0.2) is 15.3 Å². The monoisotopic (exact) mass is 226 g/mol. The molecule has 0 spiro atoms. The number of rotatable bonds is 3. The second-order valence-electron chi connectivity index (χ2n) is 5.68. The summed E-state index contributed by atoms with van der Waals surface area (Å²) in [5, 5.41) is 0.182. The van der Waals surface area contributed by atoms with E-state index in [2.05, 4.69) is 37.7 Å². The van der Waals surface area contributed by atoms with Gasteiger partial charge in [-0.25, -0.2) is 4.98 Å². The molecular weight excluding hydrogens is 208 g/mol. The predicted octanol–water partition coefficient (Wildman–Crippen LogP) is 3.24. The van der Waals surface area contributed by atoms with Crippen LogP contribution in [0.25, 0.3) is 0 Å². The molecule has 2 rings (SSSR count). The molecule has 15 heavy (non-hydrogen) atoms. The first-order valence-electron chi connectivity index (χ1n) is 5.49. The molecule has 1 aromatic heterocycles. The Morgan fingerprint density at radius 1 is 1.40 bits per heavy atom. The van der Waals surface area contributed by atoms with Crippen LogP contribution in [0.1, 0.15) is 33.5 Å². The van der Waals surface area contributed by atoms with E-state index in [0.29, 0.717) is 16.7 Å². The van der Waals surface area contributed by atoms with Crippen molar-refractivity contribution in [1.82, 2.24) is 9.97 Å². The molecule has 1 unspecified atom stereocenters. The van der Waals surface area contributed by atoms with Gasteiger partial charge in [0.25, 0.3) is 0 Å². The van der Waals surface area contributed by atoms with Crippen LogP contribution in [0.4, 0.5) is 0 Å². The van der Waals surface area contributed by atoms with Gasteiger partial charge in [-0.1, -0.05) is 27.7 Å². The Bertz CT molecular complexity index is 327. The van der Waals surface area contributed by atoms with Gasteiger partial charge in [-0.15, -0.1) is 11.6 Å². The minimum Gasteiger partial charge on any atom is -0.349 e. The van der Waals surface area contributed by atoms with Gasteiger partial charge in [0.1, 0.15) is 5.82 Å². The fraction of sp³-hybridized carbons (Fsp3) is 0.750. The first kappa shape index (κ1) is 11.0. The minimum absolute atomic E-state index is 0.182. The number of H-pyrrole nitrogens is 1. The number of imidazole rings is 1. The van der Waals surface area contributed by atoms with E-state index in [1.807, 2.05) is 6.20 Å². The van der Waals surface area contributed by atoms with Gasteiger partial charge in [-0.2, -0.15) is 0 Å². The first-order valence-corrected chi connectivity index (χ1v) is 5.93. The molecule has 1 heterocycles. The highest BCUT2D eigenvalue weighted by atomic mass is 35.5. The summed E-state index contributed by atoms with van der Waals surface area (Å²) in [6.45, 7) is 9.20. The molecule has 84 valence electrons. The highest BCUT2D eigenvalue weighted by molar-refractivity contribution is 6.21. The molecule has 0 radical (unpaired) electrons. The molecule has 0 aromatic carbocycles. The summed E-state index contributed by atoms with van der Waals surface area (Å²) in [6.07, 6.45) is 4.47. The number of alkyl halides is 1. The summed E-state index contributed by atoms with van der Waals surface area (Å²) in [5.74, 6) is 1.57. The van der Waals surface area contributed by atoms with Crippen molar-refractivity contribution >= 4 is 11.6 Å². The normalized spacial score (nSPS) is 25.1. The average Bonchev–Trinajstić information content (AvgIpc) is 2.53. The second-order valence-corrected chi connectivity index (χ2v) is 6.24. The highest BCUT2D eigenvalue weighted by Gasteiger charge is 2.66. The van der Waals surface area contributed by atoms with Crippen molar-refractivity contribution in [2.75, 3.05) is 0 Å². The number of nitrogens with zero attached hydrogens (tertiary/aromatic N) is 1. The van der Waals surface area contributed by atoms with E-state index in [-0.39, 0.29) is 5.38 Å². The molecule has 1 aliphatic carbocycles. The summed E-state index contributed by atoms with van der Waals surface area (Å²) >= 11 is 6.48. The molecule has 0 bridgehead atoms. The van der Waals surface area contributed by atoms with Gasteiger partial charge in [-0.3, -0.25) is 0 Å². The molecule has 0 amide bonds. The Hall–Kier alpha value is -0.500. The summed E-state index contributed by atoms with van der Waals surface area (Å²) < 4.78 is 0. The molecule has 1 N–H and O–H groups in total. The van der Waals surface area contributed by atoms with Crippen LogP contribution < -0.4 is 0 Å². The number of nitrogens with one attached hydrogen (secondary N) is 1. The highest BCUT2D eigenvalue weighted by Crippen LogP contribution is 2.70. The second kappa shape index (κ2) is 3.24. The minimum atomic E-state index is 0.182. The number of aromatic amines is 1. The third kappa shape index (κ3) is 1.59. The zero-order valence-electron chi connectivity index (χ0n) is 9.84. The van der Waals surface area contributed by atoms with Gasteiger partial charge in [0.15, 0.2) is 0 Å². The average molecular weight is 227 g/mol. The van der Waals surface area contributed by atoms with Crippen LogP contribution in [-0.2, 0) is 6.42 Å². The molecule has 2 nitrogen and oxygen atoms in total. The Labute approximate surface area is 96.4 Å². The molecule has 1 saturated carbocycles. The van der Waals surface area contributed by atoms with Crippen LogP contribution in [0.15, 0.2) is 12.4 Å². The van der Waals surface area contributed by atoms with Gasteiger partial charge >= 0.3 is 0 Å². The lowest BCUT2D eigenvalue weighted by Crippen LogP contribution is -2.12. The lowest BCUT2D eigenvalue weighted by atomic mass is 10.0. The van der Waals surface area contributed by atoms with Gasteiger partial charge in [0.2, 0.25) is 0 Å². The maximum Gasteiger partial charge on any atom is 0.107 e. The SMILES string of the molecule is CC1(C)C(C(Cl)Cc2ncc[nH]2)C1(C)C. The molecule has 0 aliphatic heterocycles. The van der Waals surface area contributed by atoms with E-state index in [1.54, 1.807) is 6.20 Å². The molecule has 1 aliphatic rings. The van der Waals surface area contributed by atoms with Crippen LogP contribution in [0.2, 0.25) is 0 Å². The maximum absolute atomic E-state index is 6.48. The fourth-order valence-electron chi connectivity index (χ4n) is 2.86. The van der Waals surface area contributed by atoms with Crippen molar-refractivity contribution in [3.63, 3.8) is 0 Å². The maximum atomic E-state index is 6.48. The van der Waals surface area contributed by atoms with Crippen molar-refractivity contribution in [1.29, 1.82) is 0 Å². The molecule has 1 fully saturated rings. The van der Waals surface area contributed by atoms with E-state index in [1.165, 1.54) is 0 Å². The van der Waals surface area contributed by atoms with E-state index < -0.39 is 0 Å². The Morgan fingerprint density at radius 3 is 2.40 bits per heavy atom. The zero-order valence-corrected chi connectivity index (χ0v) is 10.6. The molecule has 1 atom stereocenters. The molecular formula is C12H19ClN2. The Kier molecular flexibility index (Phi) is 2.38. The van der Waals surface area contributed by atoms with E-state index in [4.69, 9.17) is 11.6 Å². The van der Waals surface area contributed by atoms with Crippen molar-refractivity contribution in [2.45, 2.75) is 39.5 Å². The summed E-state index contributed by atoms with van der Waals surface area (Å²) in [6, 6.07) is 0. The summed E-state index contributed by atoms with van der Waals surface area (Å²) in [5.41, 5.74) is 0.706. The van der Waals surface area contributed by atoms with E-state index in [0.717, 1.165) is 12.2 Å². The number of hydrogen-bond donors (Lipinski definition) is 1. The van der Waals surface area contributed by atoms with Gasteiger partial charge < -0.3 is 4.98 Å². The third-order valence-corrected chi connectivity index (χ3v) is 4.84. The van der Waals surface area contributed by atoms with Crippen LogP contribution in [0.5, 0.6) is 0 Å². The number of hydrogen-bond acceptors (Lipinski definition) is 1. The van der Waals surface area contributed by atoms with Crippen molar-refractivity contribution in [3.05, 3.63) is 18.2 Å². The summed E-state index contributed by atoms with van der Waals surface area (Å²) in [7, 11) is 0. The van der Waals surface area contributed by atoms with Crippen LogP contribution >= 0.6 is 11.6 Å². The van der Waals surface area contributed by atoms with Crippen molar-refractivity contribution in [2.24, 2.45) is 16.7 Å². The van der Waals surface area contributed by atoms with Crippen molar-refractivity contribution in [3.8, 4) is 0 Å². The van der Waals surface area contributed by atoms with Gasteiger partial charge in [0.05, 0.1) is 0 Å². The third-order valence-electron chi connectivity index (χ3n) is 4.44. The molecule has 1 aromatic rings. The number of aromatic nitrogens is 2. The largest absolute Gasteiger partial charge is 0.349 e. The number of halogens is 1. The summed E-state index contributed by atoms with van der Waals surface area (Å²) in [4.78, 5) is 7.33. The standard InChI is InChI=1S/C12H19ClN2/c1-11(2)10(12(11,3)4)8(13)7-9-14-5-6-15-9/h5-6,8,10H,7H2,1-4H3,(H,14,15). The zero-order chi connectivity index (χ0) is 11.3. The lowest BCUT2D eigenvalue weighted by molar-refractivity contribution is 0.457. The smallest absolute Gasteiger partial charge is 0.107 e. The lowest BCUT2D eigenvalue weighted by Gasteiger charge is -2.09. The van der Waals surface area contributed by atoms with E-state index in [9.17, 15) is 0 Å². The fourth-order valence-corrected chi connectivity index (χ4v) is 3.64. The van der Waals surface area contributed by atoms with Gasteiger partial charge in [0, 0.05) is 24.2 Å². The Balaban J connectivity index is 2.02. The van der Waals surface area contributed by atoms with Crippen LogP contribution in [0, 0.1) is 16.7 Å². The van der Waals surface area contributed by atoms with Crippen molar-refractivity contribution < 1.29 is 0 Å². The van der Waals surface area contributed by atoms with Crippen LogP contribution in [0.3, 0.4) is 0 Å². The Morgan fingerprint density at radius 2 is 2.00 bits per heavy atom. The molecule has 0 saturated heterocycles. The first-order chi connectivity index (χ1) is 6.87. The topological polar surface area (TPSA) is 28.7 Å². The predicted molar refractivity (Wildman–Crippen MR) is 63.0 cm³/mol. The quantitative estimate of drug-likeness (QED) is 0.788. The van der Waals surface area contributed by atoms with Gasteiger partial charge in [-0.05, 0) is 16.7 Å². The van der Waals surface area contributed by atoms with E-state index >= 15 is 0 Å². The molecule has 3 heteroatoms.